The largest absolute Gasteiger partial charge is 0.469 e. The van der Waals surface area contributed by atoms with Crippen molar-refractivity contribution < 1.29 is 14.3 Å². The summed E-state index contributed by atoms with van der Waals surface area (Å²) in [6.45, 7) is 4.77. The van der Waals surface area contributed by atoms with Gasteiger partial charge in [-0.2, -0.15) is 0 Å². The van der Waals surface area contributed by atoms with Gasteiger partial charge in [0.1, 0.15) is 11.4 Å². The van der Waals surface area contributed by atoms with Crippen LogP contribution in [0.25, 0.3) is 0 Å². The first kappa shape index (κ1) is 19.6. The molecule has 3 rings (SSSR count). The Hall–Kier alpha value is -1.14. The van der Waals surface area contributed by atoms with E-state index in [9.17, 15) is 4.79 Å². The van der Waals surface area contributed by atoms with Crippen LogP contribution in [0.15, 0.2) is 46.6 Å². The van der Waals surface area contributed by atoms with Gasteiger partial charge in [-0.05, 0) is 43.2 Å². The van der Waals surface area contributed by atoms with E-state index >= 15 is 0 Å². The molecule has 140 valence electrons. The molecule has 2 atom stereocenters. The number of ether oxygens (including phenoxy) is 2. The molecule has 0 saturated carbocycles. The molecule has 2 unspecified atom stereocenters. The molecular weight excluding hydrogens is 393 g/mol. The molecule has 2 aliphatic rings. The zero-order valence-electron chi connectivity index (χ0n) is 14.7. The SMILES string of the molecule is CCC(Sc1ccc(Cl)cc1Cl)C(=O)NCC1=CC=C2OCOC2(C)C1. The quantitative estimate of drug-likeness (QED) is 0.669. The van der Waals surface area contributed by atoms with Crippen LogP contribution in [0.2, 0.25) is 10.0 Å². The number of carbonyl (C=O) groups is 1. The van der Waals surface area contributed by atoms with Gasteiger partial charge >= 0.3 is 0 Å². The molecule has 0 spiro atoms. The lowest BCUT2D eigenvalue weighted by Gasteiger charge is -2.27. The molecule has 0 aromatic heterocycles. The third kappa shape index (κ3) is 4.39. The Morgan fingerprint density at radius 3 is 2.92 bits per heavy atom. The molecule has 1 heterocycles. The number of amides is 1. The summed E-state index contributed by atoms with van der Waals surface area (Å²) < 4.78 is 11.1. The number of halogens is 2. The van der Waals surface area contributed by atoms with Crippen molar-refractivity contribution in [2.45, 2.75) is 42.4 Å². The highest BCUT2D eigenvalue weighted by Gasteiger charge is 2.39. The van der Waals surface area contributed by atoms with Gasteiger partial charge in [-0.3, -0.25) is 4.79 Å². The molecule has 1 N–H and O–H groups in total. The summed E-state index contributed by atoms with van der Waals surface area (Å²) in [5.41, 5.74) is 0.698. The number of nitrogens with one attached hydrogen (secondary N) is 1. The maximum Gasteiger partial charge on any atom is 0.233 e. The monoisotopic (exact) mass is 413 g/mol. The van der Waals surface area contributed by atoms with Gasteiger partial charge in [0, 0.05) is 22.9 Å². The summed E-state index contributed by atoms with van der Waals surface area (Å²) in [4.78, 5) is 13.5. The summed E-state index contributed by atoms with van der Waals surface area (Å²) in [5.74, 6) is 0.847. The highest BCUT2D eigenvalue weighted by Crippen LogP contribution is 2.37. The van der Waals surface area contributed by atoms with Crippen molar-refractivity contribution in [3.8, 4) is 0 Å². The number of benzene rings is 1. The lowest BCUT2D eigenvalue weighted by atomic mass is 9.89. The molecule has 1 aliphatic carbocycles. The summed E-state index contributed by atoms with van der Waals surface area (Å²) in [5, 5.41) is 3.96. The van der Waals surface area contributed by atoms with E-state index in [1.54, 1.807) is 12.1 Å². The average Bonchev–Trinajstić information content (AvgIpc) is 2.99. The van der Waals surface area contributed by atoms with Crippen LogP contribution in [0.3, 0.4) is 0 Å². The highest BCUT2D eigenvalue weighted by atomic mass is 35.5. The zero-order valence-corrected chi connectivity index (χ0v) is 17.0. The Labute approximate surface area is 167 Å². The van der Waals surface area contributed by atoms with Crippen molar-refractivity contribution in [2.24, 2.45) is 0 Å². The molecule has 1 saturated heterocycles. The normalized spacial score (nSPS) is 22.8. The van der Waals surface area contributed by atoms with Crippen molar-refractivity contribution in [1.82, 2.24) is 5.32 Å². The number of rotatable bonds is 6. The third-order valence-electron chi connectivity index (χ3n) is 4.46. The Morgan fingerprint density at radius 2 is 2.19 bits per heavy atom. The Bertz CT molecular complexity index is 765. The summed E-state index contributed by atoms with van der Waals surface area (Å²) in [6.07, 6.45) is 5.34. The van der Waals surface area contributed by atoms with Crippen molar-refractivity contribution in [2.75, 3.05) is 13.3 Å². The van der Waals surface area contributed by atoms with Gasteiger partial charge in [0.25, 0.3) is 0 Å². The van der Waals surface area contributed by atoms with Crippen LogP contribution in [0.5, 0.6) is 0 Å². The molecule has 4 nitrogen and oxygen atoms in total. The number of hydrogen-bond acceptors (Lipinski definition) is 4. The topological polar surface area (TPSA) is 47.6 Å². The Morgan fingerprint density at radius 1 is 1.38 bits per heavy atom. The Balaban J connectivity index is 1.58. The molecule has 7 heteroatoms. The van der Waals surface area contributed by atoms with Gasteiger partial charge in [0.05, 0.1) is 10.3 Å². The smallest absolute Gasteiger partial charge is 0.233 e. The van der Waals surface area contributed by atoms with Gasteiger partial charge in [-0.15, -0.1) is 11.8 Å². The van der Waals surface area contributed by atoms with Gasteiger partial charge in [0.15, 0.2) is 6.79 Å². The molecule has 1 aromatic rings. The number of allylic oxidation sites excluding steroid dienone is 2. The van der Waals surface area contributed by atoms with Crippen molar-refractivity contribution in [3.05, 3.63) is 51.7 Å². The van der Waals surface area contributed by atoms with Gasteiger partial charge < -0.3 is 14.8 Å². The van der Waals surface area contributed by atoms with E-state index in [0.29, 0.717) is 29.4 Å². The maximum absolute atomic E-state index is 12.6. The minimum Gasteiger partial charge on any atom is -0.469 e. The predicted octanol–water partition coefficient (Wildman–Crippen LogP) is 4.96. The summed E-state index contributed by atoms with van der Waals surface area (Å²) >= 11 is 13.6. The maximum atomic E-state index is 12.6. The zero-order chi connectivity index (χ0) is 18.7. The third-order valence-corrected chi connectivity index (χ3v) is 6.57. The molecule has 26 heavy (non-hydrogen) atoms. The van der Waals surface area contributed by atoms with Crippen LogP contribution >= 0.6 is 35.0 Å². The van der Waals surface area contributed by atoms with Crippen LogP contribution in [-0.4, -0.2) is 30.1 Å². The minimum absolute atomic E-state index is 0.00654. The lowest BCUT2D eigenvalue weighted by molar-refractivity contribution is -0.120. The number of hydrogen-bond donors (Lipinski definition) is 1. The van der Waals surface area contributed by atoms with Crippen LogP contribution in [-0.2, 0) is 14.3 Å². The van der Waals surface area contributed by atoms with E-state index in [-0.39, 0.29) is 18.0 Å². The minimum atomic E-state index is -0.412. The first-order valence-electron chi connectivity index (χ1n) is 8.47. The molecule has 1 aromatic carbocycles. The second kappa shape index (κ2) is 8.26. The van der Waals surface area contributed by atoms with Gasteiger partial charge in [-0.1, -0.05) is 36.2 Å². The second-order valence-electron chi connectivity index (χ2n) is 6.48. The fourth-order valence-electron chi connectivity index (χ4n) is 2.98. The van der Waals surface area contributed by atoms with Crippen LogP contribution < -0.4 is 5.32 Å². The average molecular weight is 414 g/mol. The number of fused-ring (bicyclic) bond motifs is 1. The summed E-state index contributed by atoms with van der Waals surface area (Å²) in [6, 6.07) is 5.32. The number of thioether (sulfide) groups is 1. The molecule has 0 radical (unpaired) electrons. The van der Waals surface area contributed by atoms with Crippen molar-refractivity contribution >= 4 is 40.9 Å². The molecule has 0 bridgehead atoms. The van der Waals surface area contributed by atoms with E-state index in [1.807, 2.05) is 32.1 Å². The molecular formula is C19H21Cl2NO3S. The second-order valence-corrected chi connectivity index (χ2v) is 8.57. The fourth-order valence-corrected chi connectivity index (χ4v) is 4.50. The first-order chi connectivity index (χ1) is 12.4. The van der Waals surface area contributed by atoms with E-state index in [0.717, 1.165) is 16.2 Å². The first-order valence-corrected chi connectivity index (χ1v) is 10.1. The van der Waals surface area contributed by atoms with E-state index < -0.39 is 5.60 Å². The van der Waals surface area contributed by atoms with Crippen molar-refractivity contribution in [3.63, 3.8) is 0 Å². The van der Waals surface area contributed by atoms with E-state index in [2.05, 4.69) is 5.32 Å². The van der Waals surface area contributed by atoms with Gasteiger partial charge in [0.2, 0.25) is 5.91 Å². The standard InChI is InChI=1S/C19H21Cl2NO3S/c1-3-15(26-16-6-5-13(20)8-14(16)21)18(23)22-10-12-4-7-17-19(2,9-12)25-11-24-17/h4-8,15H,3,9-11H2,1-2H3,(H,22,23). The molecule has 1 aliphatic heterocycles. The van der Waals surface area contributed by atoms with Crippen molar-refractivity contribution in [1.29, 1.82) is 0 Å². The fraction of sp³-hybridized carbons (Fsp3) is 0.421. The van der Waals surface area contributed by atoms with Gasteiger partial charge in [-0.25, -0.2) is 0 Å². The number of carbonyl (C=O) groups excluding carboxylic acids is 1. The molecule has 1 fully saturated rings. The van der Waals surface area contributed by atoms with Crippen LogP contribution in [0, 0.1) is 0 Å². The predicted molar refractivity (Wildman–Crippen MR) is 106 cm³/mol. The highest BCUT2D eigenvalue weighted by molar-refractivity contribution is 8.00. The van der Waals surface area contributed by atoms with Crippen LogP contribution in [0.4, 0.5) is 0 Å². The van der Waals surface area contributed by atoms with Crippen LogP contribution in [0.1, 0.15) is 26.7 Å². The summed E-state index contributed by atoms with van der Waals surface area (Å²) in [7, 11) is 0. The van der Waals surface area contributed by atoms with E-state index in [4.69, 9.17) is 32.7 Å². The molecule has 1 amide bonds. The lowest BCUT2D eigenvalue weighted by Crippen LogP contribution is -2.36. The van der Waals surface area contributed by atoms with E-state index in [1.165, 1.54) is 11.8 Å². The Kier molecular flexibility index (Phi) is 6.23.